The highest BCUT2D eigenvalue weighted by Gasteiger charge is 2.31. The maximum absolute atomic E-state index is 12.1. The molecule has 1 saturated heterocycles. The molecule has 1 aliphatic rings. The lowest BCUT2D eigenvalue weighted by atomic mass is 10.1. The van der Waals surface area contributed by atoms with Crippen LogP contribution in [0, 0.1) is 0 Å². The zero-order valence-electron chi connectivity index (χ0n) is 12.1. The summed E-state index contributed by atoms with van der Waals surface area (Å²) in [7, 11) is 1.26. The topological polar surface area (TPSA) is 84.5 Å². The van der Waals surface area contributed by atoms with Crippen molar-refractivity contribution in [1.29, 1.82) is 0 Å². The highest BCUT2D eigenvalue weighted by molar-refractivity contribution is 6.31. The normalized spacial score (nSPS) is 18.5. The van der Waals surface area contributed by atoms with Crippen LogP contribution < -0.4 is 10.6 Å². The first-order valence-corrected chi connectivity index (χ1v) is 7.30. The summed E-state index contributed by atoms with van der Waals surface area (Å²) in [5.74, 6) is -1.12. The van der Waals surface area contributed by atoms with Crippen molar-refractivity contribution in [3.8, 4) is 0 Å². The van der Waals surface area contributed by atoms with Gasteiger partial charge in [-0.25, -0.2) is 4.79 Å². The number of methoxy groups -OCH3 is 1. The molecule has 2 rings (SSSR count). The summed E-state index contributed by atoms with van der Waals surface area (Å²) < 4.78 is 4.73. The smallest absolute Gasteiger partial charge is 0.328 e. The zero-order valence-corrected chi connectivity index (χ0v) is 12.9. The first kappa shape index (κ1) is 16.3. The van der Waals surface area contributed by atoms with E-state index in [1.165, 1.54) is 7.11 Å². The maximum Gasteiger partial charge on any atom is 0.328 e. The monoisotopic (exact) mass is 324 g/mol. The molecule has 7 heteroatoms. The number of rotatable bonds is 5. The Morgan fingerprint density at radius 2 is 2.18 bits per heavy atom. The Balaban J connectivity index is 2.06. The Morgan fingerprint density at radius 1 is 1.45 bits per heavy atom. The van der Waals surface area contributed by atoms with E-state index < -0.39 is 24.0 Å². The summed E-state index contributed by atoms with van der Waals surface area (Å²) in [5.41, 5.74) is 0.732. The summed E-state index contributed by atoms with van der Waals surface area (Å²) in [6, 6.07) is 5.62. The number of nitrogens with one attached hydrogen (secondary N) is 2. The Kier molecular flexibility index (Phi) is 5.38. The van der Waals surface area contributed by atoms with E-state index in [1.807, 2.05) is 0 Å². The van der Waals surface area contributed by atoms with Crippen molar-refractivity contribution < 1.29 is 19.1 Å². The molecule has 118 valence electrons. The number of ether oxygens (including phenoxy) is 1. The van der Waals surface area contributed by atoms with E-state index in [0.29, 0.717) is 17.9 Å². The molecule has 2 atom stereocenters. The molecule has 22 heavy (non-hydrogen) atoms. The highest BCUT2D eigenvalue weighted by atomic mass is 35.5. The van der Waals surface area contributed by atoms with E-state index >= 15 is 0 Å². The second-order valence-electron chi connectivity index (χ2n) is 5.04. The van der Waals surface area contributed by atoms with Gasteiger partial charge >= 0.3 is 5.97 Å². The van der Waals surface area contributed by atoms with Gasteiger partial charge in [0.05, 0.1) is 7.11 Å². The van der Waals surface area contributed by atoms with Crippen LogP contribution in [-0.2, 0) is 25.5 Å². The molecule has 1 aromatic rings. The fourth-order valence-corrected chi connectivity index (χ4v) is 2.52. The van der Waals surface area contributed by atoms with Crippen molar-refractivity contribution in [2.75, 3.05) is 7.11 Å². The molecule has 0 radical (unpaired) electrons. The number of hydrogen-bond acceptors (Lipinski definition) is 4. The molecule has 0 aliphatic carbocycles. The van der Waals surface area contributed by atoms with Crippen molar-refractivity contribution in [2.45, 2.75) is 31.3 Å². The van der Waals surface area contributed by atoms with Crippen molar-refractivity contribution >= 4 is 29.4 Å². The van der Waals surface area contributed by atoms with Crippen LogP contribution in [0.3, 0.4) is 0 Å². The van der Waals surface area contributed by atoms with Crippen molar-refractivity contribution in [3.05, 3.63) is 34.9 Å². The molecule has 0 spiro atoms. The summed E-state index contributed by atoms with van der Waals surface area (Å²) in [5, 5.41) is 5.69. The van der Waals surface area contributed by atoms with Gasteiger partial charge in [0.25, 0.3) is 0 Å². The summed E-state index contributed by atoms with van der Waals surface area (Å²) in [4.78, 5) is 35.2. The number of esters is 1. The third-order valence-corrected chi connectivity index (χ3v) is 3.86. The van der Waals surface area contributed by atoms with Crippen LogP contribution in [0.2, 0.25) is 5.02 Å². The number of hydrogen-bond donors (Lipinski definition) is 2. The van der Waals surface area contributed by atoms with Gasteiger partial charge in [0, 0.05) is 17.9 Å². The number of carbonyl (C=O) groups excluding carboxylic acids is 3. The van der Waals surface area contributed by atoms with Gasteiger partial charge in [-0.05, 0) is 18.1 Å². The highest BCUT2D eigenvalue weighted by Crippen LogP contribution is 2.17. The minimum Gasteiger partial charge on any atom is -0.467 e. The summed E-state index contributed by atoms with van der Waals surface area (Å²) in [6.07, 6.45) is 0.953. The predicted molar refractivity (Wildman–Crippen MR) is 80.3 cm³/mol. The fraction of sp³-hybridized carbons (Fsp3) is 0.400. The minimum atomic E-state index is -0.852. The van der Waals surface area contributed by atoms with Gasteiger partial charge in [-0.1, -0.05) is 29.8 Å². The SMILES string of the molecule is COC(=O)[C@@H](Cc1ccccc1Cl)NC(=O)[C@@H]1CCC(=O)N1. The third-order valence-electron chi connectivity index (χ3n) is 3.50. The number of halogens is 1. The lowest BCUT2D eigenvalue weighted by Gasteiger charge is -2.19. The number of amides is 2. The third kappa shape index (κ3) is 3.98. The second kappa shape index (κ2) is 7.26. The minimum absolute atomic E-state index is 0.166. The van der Waals surface area contributed by atoms with E-state index in [2.05, 4.69) is 10.6 Å². The van der Waals surface area contributed by atoms with Crippen LogP contribution in [0.15, 0.2) is 24.3 Å². The van der Waals surface area contributed by atoms with Crippen LogP contribution in [0.25, 0.3) is 0 Å². The van der Waals surface area contributed by atoms with Gasteiger partial charge in [0.1, 0.15) is 12.1 Å². The lowest BCUT2D eigenvalue weighted by Crippen LogP contribution is -2.50. The molecule has 1 fully saturated rings. The molecule has 6 nitrogen and oxygen atoms in total. The molecular weight excluding hydrogens is 308 g/mol. The predicted octanol–water partition coefficient (Wildman–Crippen LogP) is 0.819. The van der Waals surface area contributed by atoms with Crippen LogP contribution in [0.4, 0.5) is 0 Å². The molecule has 0 unspecified atom stereocenters. The molecule has 0 bridgehead atoms. The molecular formula is C15H17ClN2O4. The van der Waals surface area contributed by atoms with Crippen molar-refractivity contribution in [1.82, 2.24) is 10.6 Å². The fourth-order valence-electron chi connectivity index (χ4n) is 2.30. The Bertz CT molecular complexity index is 591. The quantitative estimate of drug-likeness (QED) is 0.785. The first-order valence-electron chi connectivity index (χ1n) is 6.92. The zero-order chi connectivity index (χ0) is 16.1. The average molecular weight is 325 g/mol. The van der Waals surface area contributed by atoms with Crippen LogP contribution in [0.5, 0.6) is 0 Å². The number of carbonyl (C=O) groups is 3. The maximum atomic E-state index is 12.1. The van der Waals surface area contributed by atoms with Crippen molar-refractivity contribution in [3.63, 3.8) is 0 Å². The molecule has 1 aliphatic heterocycles. The van der Waals surface area contributed by atoms with Crippen LogP contribution in [-0.4, -0.2) is 37.0 Å². The summed E-state index contributed by atoms with van der Waals surface area (Å²) in [6.45, 7) is 0. The Morgan fingerprint density at radius 3 is 2.77 bits per heavy atom. The molecule has 1 aromatic carbocycles. The molecule has 2 amide bonds. The Labute approximate surface area is 133 Å². The van der Waals surface area contributed by atoms with Gasteiger partial charge < -0.3 is 15.4 Å². The molecule has 1 heterocycles. The largest absolute Gasteiger partial charge is 0.467 e. The lowest BCUT2D eigenvalue weighted by molar-refractivity contribution is -0.145. The van der Waals surface area contributed by atoms with Gasteiger partial charge in [-0.2, -0.15) is 0 Å². The van der Waals surface area contributed by atoms with E-state index in [-0.39, 0.29) is 12.3 Å². The standard InChI is InChI=1S/C15H17ClN2O4/c1-22-15(21)12(8-9-4-2-3-5-10(9)16)18-14(20)11-6-7-13(19)17-11/h2-5,11-12H,6-8H2,1H3,(H,17,19)(H,18,20)/t11-,12+/m0/s1. The van der Waals surface area contributed by atoms with Gasteiger partial charge in [-0.3, -0.25) is 9.59 Å². The summed E-state index contributed by atoms with van der Waals surface area (Å²) >= 11 is 6.08. The Hall–Kier alpha value is -2.08. The first-order chi connectivity index (χ1) is 10.5. The van der Waals surface area contributed by atoms with E-state index in [4.69, 9.17) is 16.3 Å². The van der Waals surface area contributed by atoms with Crippen LogP contribution >= 0.6 is 11.6 Å². The van der Waals surface area contributed by atoms with E-state index in [1.54, 1.807) is 24.3 Å². The molecule has 0 aromatic heterocycles. The van der Waals surface area contributed by atoms with Crippen LogP contribution in [0.1, 0.15) is 18.4 Å². The average Bonchev–Trinajstić information content (AvgIpc) is 2.94. The van der Waals surface area contributed by atoms with E-state index in [0.717, 1.165) is 5.56 Å². The van der Waals surface area contributed by atoms with Crippen molar-refractivity contribution in [2.24, 2.45) is 0 Å². The molecule has 0 saturated carbocycles. The second-order valence-corrected chi connectivity index (χ2v) is 5.45. The van der Waals surface area contributed by atoms with Gasteiger partial charge in [0.2, 0.25) is 11.8 Å². The van der Waals surface area contributed by atoms with Gasteiger partial charge in [-0.15, -0.1) is 0 Å². The van der Waals surface area contributed by atoms with Gasteiger partial charge in [0.15, 0.2) is 0 Å². The number of benzene rings is 1. The molecule has 2 N–H and O–H groups in total. The van der Waals surface area contributed by atoms with E-state index in [9.17, 15) is 14.4 Å².